The predicted molar refractivity (Wildman–Crippen MR) is 43.9 cm³/mol. The number of aliphatic hydroxyl groups excluding tert-OH is 2. The van der Waals surface area contributed by atoms with Gasteiger partial charge in [-0.2, -0.15) is 0 Å². The molecular formula is C6H13N3O4. The molecule has 0 spiro atoms. The molecule has 7 heteroatoms. The third kappa shape index (κ3) is 7.51. The molecule has 0 fully saturated rings. The fraction of sp³-hybridized carbons (Fsp3) is 1.00. The molecule has 0 radical (unpaired) electrons. The van der Waals surface area contributed by atoms with Crippen molar-refractivity contribution in [1.82, 2.24) is 0 Å². The molecule has 0 aliphatic heterocycles. The van der Waals surface area contributed by atoms with E-state index in [9.17, 15) is 0 Å². The lowest BCUT2D eigenvalue weighted by Gasteiger charge is -2.14. The fourth-order valence-corrected chi connectivity index (χ4v) is 0.607. The van der Waals surface area contributed by atoms with Crippen LogP contribution in [0, 0.1) is 0 Å². The summed E-state index contributed by atoms with van der Waals surface area (Å²) in [5, 5.41) is 20.3. The minimum atomic E-state index is -0.763. The molecule has 7 nitrogen and oxygen atoms in total. The number of aliphatic hydroxyl groups is 2. The summed E-state index contributed by atoms with van der Waals surface area (Å²) < 4.78 is 9.81. The van der Waals surface area contributed by atoms with Crippen LogP contribution in [0.3, 0.4) is 0 Å². The van der Waals surface area contributed by atoms with Crippen molar-refractivity contribution in [3.05, 3.63) is 10.4 Å². The average molecular weight is 191 g/mol. The van der Waals surface area contributed by atoms with Gasteiger partial charge in [-0.05, 0) is 5.53 Å². The molecular weight excluding hydrogens is 178 g/mol. The maximum Gasteiger partial charge on any atom is 0.180 e. The van der Waals surface area contributed by atoms with Crippen LogP contribution < -0.4 is 0 Å². The Kier molecular flexibility index (Phi) is 8.64. The average Bonchev–Trinajstić information content (AvgIpc) is 2.17. The highest BCUT2D eigenvalue weighted by atomic mass is 16.7. The van der Waals surface area contributed by atoms with Gasteiger partial charge in [0.05, 0.1) is 26.4 Å². The first-order valence-electron chi connectivity index (χ1n) is 3.81. The second-order valence-electron chi connectivity index (χ2n) is 2.03. The van der Waals surface area contributed by atoms with E-state index in [2.05, 4.69) is 10.0 Å². The molecule has 0 unspecified atom stereocenters. The Morgan fingerprint density at radius 2 is 2.00 bits per heavy atom. The van der Waals surface area contributed by atoms with E-state index in [1.165, 1.54) is 0 Å². The van der Waals surface area contributed by atoms with E-state index < -0.39 is 6.29 Å². The quantitative estimate of drug-likeness (QED) is 0.179. The van der Waals surface area contributed by atoms with Crippen molar-refractivity contribution in [3.8, 4) is 0 Å². The standard InChI is InChI=1S/C6H13N3O4/c7-9-8-1-3-12-6(5-11)13-4-2-10/h6,10-11H,1-5H2/t6-/m0/s1. The predicted octanol–water partition coefficient (Wildman–Crippen LogP) is -0.359. The Bertz CT molecular complexity index is 160. The summed E-state index contributed by atoms with van der Waals surface area (Å²) >= 11 is 0. The van der Waals surface area contributed by atoms with Gasteiger partial charge in [0.1, 0.15) is 0 Å². The van der Waals surface area contributed by atoms with Crippen LogP contribution in [0.1, 0.15) is 0 Å². The summed E-state index contributed by atoms with van der Waals surface area (Å²) in [6, 6.07) is 0. The summed E-state index contributed by atoms with van der Waals surface area (Å²) in [6.07, 6.45) is -0.763. The minimum absolute atomic E-state index is 0.104. The zero-order valence-electron chi connectivity index (χ0n) is 7.17. The van der Waals surface area contributed by atoms with E-state index in [4.69, 9.17) is 25.2 Å². The van der Waals surface area contributed by atoms with Crippen molar-refractivity contribution in [1.29, 1.82) is 0 Å². The zero-order valence-corrected chi connectivity index (χ0v) is 7.17. The first-order valence-corrected chi connectivity index (χ1v) is 3.81. The summed E-state index contributed by atoms with van der Waals surface area (Å²) in [4.78, 5) is 2.52. The fourth-order valence-electron chi connectivity index (χ4n) is 0.607. The van der Waals surface area contributed by atoms with Crippen molar-refractivity contribution in [2.75, 3.05) is 33.0 Å². The highest BCUT2D eigenvalue weighted by molar-refractivity contribution is 4.46. The normalized spacial score (nSPS) is 12.2. The molecule has 2 N–H and O–H groups in total. The van der Waals surface area contributed by atoms with Gasteiger partial charge in [0, 0.05) is 11.5 Å². The van der Waals surface area contributed by atoms with Gasteiger partial charge in [0.25, 0.3) is 0 Å². The van der Waals surface area contributed by atoms with Crippen molar-refractivity contribution < 1.29 is 19.7 Å². The van der Waals surface area contributed by atoms with E-state index in [0.29, 0.717) is 0 Å². The maximum absolute atomic E-state index is 8.67. The lowest BCUT2D eigenvalue weighted by Crippen LogP contribution is -2.24. The number of hydrogen-bond acceptors (Lipinski definition) is 5. The molecule has 0 aliphatic carbocycles. The molecule has 0 saturated heterocycles. The second-order valence-corrected chi connectivity index (χ2v) is 2.03. The molecule has 0 bridgehead atoms. The smallest absolute Gasteiger partial charge is 0.180 e. The Morgan fingerprint density at radius 1 is 1.31 bits per heavy atom. The first-order chi connectivity index (χ1) is 6.35. The SMILES string of the molecule is [N-]=[N+]=NCCO[C@H](CO)OCCO. The first kappa shape index (κ1) is 12.2. The summed E-state index contributed by atoms with van der Waals surface area (Å²) in [6.45, 7) is 0.0510. The molecule has 76 valence electrons. The van der Waals surface area contributed by atoms with Crippen LogP contribution in [0.15, 0.2) is 5.11 Å². The minimum Gasteiger partial charge on any atom is -0.394 e. The lowest BCUT2D eigenvalue weighted by atomic mass is 10.6. The number of rotatable bonds is 8. The largest absolute Gasteiger partial charge is 0.394 e. The molecule has 0 saturated carbocycles. The highest BCUT2D eigenvalue weighted by Gasteiger charge is 2.05. The molecule has 0 aromatic carbocycles. The lowest BCUT2D eigenvalue weighted by molar-refractivity contribution is -0.165. The Morgan fingerprint density at radius 3 is 2.54 bits per heavy atom. The Balaban J connectivity index is 3.41. The van der Waals surface area contributed by atoms with Crippen LogP contribution in [0.5, 0.6) is 0 Å². The van der Waals surface area contributed by atoms with Gasteiger partial charge < -0.3 is 19.7 Å². The van der Waals surface area contributed by atoms with Crippen molar-refractivity contribution >= 4 is 0 Å². The Hall–Kier alpha value is -0.850. The summed E-state index contributed by atoms with van der Waals surface area (Å²) in [5.41, 5.74) is 7.92. The number of ether oxygens (including phenoxy) is 2. The van der Waals surface area contributed by atoms with E-state index in [1.807, 2.05) is 0 Å². The molecule has 0 aromatic heterocycles. The molecule has 13 heavy (non-hydrogen) atoms. The zero-order chi connectivity index (χ0) is 9.94. The van der Waals surface area contributed by atoms with Crippen LogP contribution in [0.4, 0.5) is 0 Å². The molecule has 0 amide bonds. The Labute approximate surface area is 75.5 Å². The molecule has 0 aromatic rings. The molecule has 0 aliphatic rings. The van der Waals surface area contributed by atoms with E-state index in [-0.39, 0.29) is 33.0 Å². The van der Waals surface area contributed by atoms with Gasteiger partial charge in [0.15, 0.2) is 6.29 Å². The molecule has 0 rings (SSSR count). The second kappa shape index (κ2) is 9.24. The van der Waals surface area contributed by atoms with Gasteiger partial charge >= 0.3 is 0 Å². The van der Waals surface area contributed by atoms with Gasteiger partial charge in [-0.1, -0.05) is 5.11 Å². The van der Waals surface area contributed by atoms with Crippen LogP contribution >= 0.6 is 0 Å². The summed E-state index contributed by atoms with van der Waals surface area (Å²) in [5.74, 6) is 0. The third-order valence-electron chi connectivity index (χ3n) is 1.10. The van der Waals surface area contributed by atoms with Crippen LogP contribution in [-0.2, 0) is 9.47 Å². The highest BCUT2D eigenvalue weighted by Crippen LogP contribution is 1.93. The van der Waals surface area contributed by atoms with Gasteiger partial charge in [-0.15, -0.1) is 0 Å². The number of hydrogen-bond donors (Lipinski definition) is 2. The van der Waals surface area contributed by atoms with Crippen molar-refractivity contribution in [2.45, 2.75) is 6.29 Å². The van der Waals surface area contributed by atoms with Crippen LogP contribution in [0.25, 0.3) is 10.4 Å². The number of azide groups is 1. The van der Waals surface area contributed by atoms with E-state index in [1.54, 1.807) is 0 Å². The maximum atomic E-state index is 8.67. The monoisotopic (exact) mass is 191 g/mol. The summed E-state index contributed by atoms with van der Waals surface area (Å²) in [7, 11) is 0. The van der Waals surface area contributed by atoms with E-state index >= 15 is 0 Å². The topological polar surface area (TPSA) is 108 Å². The third-order valence-corrected chi connectivity index (χ3v) is 1.10. The van der Waals surface area contributed by atoms with Gasteiger partial charge in [0.2, 0.25) is 0 Å². The van der Waals surface area contributed by atoms with Crippen molar-refractivity contribution in [3.63, 3.8) is 0 Å². The molecule has 0 heterocycles. The van der Waals surface area contributed by atoms with Crippen LogP contribution in [0.2, 0.25) is 0 Å². The van der Waals surface area contributed by atoms with E-state index in [0.717, 1.165) is 0 Å². The van der Waals surface area contributed by atoms with Crippen molar-refractivity contribution in [2.24, 2.45) is 5.11 Å². The number of nitrogens with zero attached hydrogens (tertiary/aromatic N) is 3. The van der Waals surface area contributed by atoms with Gasteiger partial charge in [-0.3, -0.25) is 0 Å². The van der Waals surface area contributed by atoms with Gasteiger partial charge in [-0.25, -0.2) is 0 Å². The van der Waals surface area contributed by atoms with Crippen LogP contribution in [-0.4, -0.2) is 49.5 Å². The molecule has 1 atom stereocenters.